The molecule has 0 atom stereocenters. The zero-order valence-electron chi connectivity index (χ0n) is 5.69. The zero-order valence-corrected chi connectivity index (χ0v) is 7.28. The Hall–Kier alpha value is -0.710. The lowest BCUT2D eigenvalue weighted by molar-refractivity contribution is 0.142. The molecule has 0 aliphatic heterocycles. The lowest BCUT2D eigenvalue weighted by Gasteiger charge is -2.04. The number of benzene rings is 1. The van der Waals surface area contributed by atoms with Gasteiger partial charge in [-0.2, -0.15) is 0 Å². The Bertz CT molecular complexity index is 278. The quantitative estimate of drug-likeness (QED) is 0.800. The topological polar surface area (TPSA) is 20.2 Å². The Morgan fingerprint density at radius 2 is 1.92 bits per heavy atom. The van der Waals surface area contributed by atoms with Crippen LogP contribution in [0.4, 0.5) is 13.2 Å². The van der Waals surface area contributed by atoms with E-state index in [1.165, 1.54) is 0 Å². The number of alkyl halides is 2. The molecule has 1 N–H and O–H groups in total. The molecule has 0 amide bonds. The lowest BCUT2D eigenvalue weighted by Crippen LogP contribution is -1.91. The molecule has 1 rings (SSSR count). The van der Waals surface area contributed by atoms with E-state index in [2.05, 4.69) is 15.9 Å². The van der Waals surface area contributed by atoms with Gasteiger partial charge in [-0.15, -0.1) is 0 Å². The Balaban J connectivity index is 3.28. The van der Waals surface area contributed by atoms with Crippen molar-refractivity contribution in [2.45, 2.75) is 6.43 Å². The lowest BCUT2D eigenvalue weighted by atomic mass is 10.2. The third kappa shape index (κ3) is 1.72. The fraction of sp³-hybridized carbons (Fsp3) is 0.143. The van der Waals surface area contributed by atoms with Gasteiger partial charge in [0.15, 0.2) is 0 Å². The molecule has 0 aliphatic rings. The van der Waals surface area contributed by atoms with Crippen molar-refractivity contribution in [1.29, 1.82) is 0 Å². The van der Waals surface area contributed by atoms with Crippen molar-refractivity contribution < 1.29 is 18.3 Å². The monoisotopic (exact) mass is 240 g/mol. The highest BCUT2D eigenvalue weighted by Gasteiger charge is 2.18. The molecule has 0 saturated heterocycles. The summed E-state index contributed by atoms with van der Waals surface area (Å²) in [4.78, 5) is 0. The molecule has 0 fully saturated rings. The fourth-order valence-corrected chi connectivity index (χ4v) is 1.21. The van der Waals surface area contributed by atoms with Crippen LogP contribution in [0.1, 0.15) is 12.0 Å². The summed E-state index contributed by atoms with van der Waals surface area (Å²) in [6.07, 6.45) is -3.00. The first kappa shape index (κ1) is 9.38. The van der Waals surface area contributed by atoms with Crippen molar-refractivity contribution in [2.75, 3.05) is 0 Å². The average Bonchev–Trinajstić information content (AvgIpc) is 1.82. The molecule has 1 aromatic carbocycles. The SMILES string of the molecule is Oc1cc(Br)cc(F)c1C(F)F. The summed E-state index contributed by atoms with van der Waals surface area (Å²) >= 11 is 2.85. The van der Waals surface area contributed by atoms with Gasteiger partial charge in [-0.1, -0.05) is 15.9 Å². The second kappa shape index (κ2) is 3.35. The standard InChI is InChI=1S/C7H4BrF3O/c8-3-1-4(9)6(7(10)11)5(12)2-3/h1-2,7,12H. The van der Waals surface area contributed by atoms with Crippen molar-refractivity contribution in [1.82, 2.24) is 0 Å². The van der Waals surface area contributed by atoms with Gasteiger partial charge < -0.3 is 5.11 Å². The van der Waals surface area contributed by atoms with Gasteiger partial charge in [0.2, 0.25) is 0 Å². The van der Waals surface area contributed by atoms with Gasteiger partial charge in [-0.3, -0.25) is 0 Å². The molecular weight excluding hydrogens is 237 g/mol. The molecule has 1 nitrogen and oxygen atoms in total. The molecule has 0 saturated carbocycles. The van der Waals surface area contributed by atoms with E-state index in [4.69, 9.17) is 5.11 Å². The molecule has 0 unspecified atom stereocenters. The Morgan fingerprint density at radius 3 is 2.33 bits per heavy atom. The molecule has 0 radical (unpaired) electrons. The maximum Gasteiger partial charge on any atom is 0.270 e. The van der Waals surface area contributed by atoms with Crippen LogP contribution < -0.4 is 0 Å². The maximum absolute atomic E-state index is 12.7. The van der Waals surface area contributed by atoms with Crippen LogP contribution >= 0.6 is 15.9 Å². The molecule has 0 aliphatic carbocycles. The van der Waals surface area contributed by atoms with Crippen LogP contribution in [0.25, 0.3) is 0 Å². The van der Waals surface area contributed by atoms with Crippen LogP contribution in [-0.4, -0.2) is 5.11 Å². The predicted octanol–water partition coefficient (Wildman–Crippen LogP) is 3.23. The van der Waals surface area contributed by atoms with E-state index in [1.807, 2.05) is 0 Å². The van der Waals surface area contributed by atoms with Crippen molar-refractivity contribution in [3.8, 4) is 5.75 Å². The van der Waals surface area contributed by atoms with Gasteiger partial charge in [0.1, 0.15) is 11.6 Å². The Labute approximate surface area is 75.0 Å². The van der Waals surface area contributed by atoms with Crippen LogP contribution in [0.15, 0.2) is 16.6 Å². The van der Waals surface area contributed by atoms with Crippen molar-refractivity contribution >= 4 is 15.9 Å². The normalized spacial score (nSPS) is 10.8. The first-order valence-electron chi connectivity index (χ1n) is 2.98. The number of aromatic hydroxyl groups is 1. The molecule has 0 bridgehead atoms. The maximum atomic E-state index is 12.7. The second-order valence-electron chi connectivity index (χ2n) is 2.12. The van der Waals surface area contributed by atoms with Gasteiger partial charge in [-0.25, -0.2) is 13.2 Å². The van der Waals surface area contributed by atoms with E-state index in [9.17, 15) is 13.2 Å². The van der Waals surface area contributed by atoms with Crippen LogP contribution in [0.3, 0.4) is 0 Å². The van der Waals surface area contributed by atoms with Gasteiger partial charge >= 0.3 is 0 Å². The van der Waals surface area contributed by atoms with Gasteiger partial charge in [-0.05, 0) is 12.1 Å². The molecular formula is C7H4BrF3O. The van der Waals surface area contributed by atoms with E-state index in [-0.39, 0.29) is 4.47 Å². The molecule has 12 heavy (non-hydrogen) atoms. The van der Waals surface area contributed by atoms with Crippen molar-refractivity contribution in [3.05, 3.63) is 28.0 Å². The van der Waals surface area contributed by atoms with E-state index in [1.54, 1.807) is 0 Å². The highest BCUT2D eigenvalue weighted by molar-refractivity contribution is 9.10. The number of hydrogen-bond donors (Lipinski definition) is 1. The molecule has 0 aromatic heterocycles. The van der Waals surface area contributed by atoms with Gasteiger partial charge in [0.05, 0.1) is 5.56 Å². The van der Waals surface area contributed by atoms with Crippen LogP contribution in [-0.2, 0) is 0 Å². The van der Waals surface area contributed by atoms with E-state index < -0.39 is 23.6 Å². The van der Waals surface area contributed by atoms with E-state index in [0.29, 0.717) is 0 Å². The highest BCUT2D eigenvalue weighted by atomic mass is 79.9. The first-order valence-corrected chi connectivity index (χ1v) is 3.77. The minimum atomic E-state index is -3.00. The summed E-state index contributed by atoms with van der Waals surface area (Å²) < 4.78 is 36.9. The summed E-state index contributed by atoms with van der Waals surface area (Å²) in [6.45, 7) is 0. The average molecular weight is 241 g/mol. The number of rotatable bonds is 1. The van der Waals surface area contributed by atoms with Gasteiger partial charge in [0.25, 0.3) is 6.43 Å². The minimum Gasteiger partial charge on any atom is -0.507 e. The van der Waals surface area contributed by atoms with E-state index >= 15 is 0 Å². The number of phenolic OH excluding ortho intramolecular Hbond substituents is 1. The minimum absolute atomic E-state index is 0.224. The molecule has 5 heteroatoms. The summed E-state index contributed by atoms with van der Waals surface area (Å²) in [5, 5.41) is 8.89. The number of halogens is 4. The van der Waals surface area contributed by atoms with Crippen LogP contribution in [0, 0.1) is 5.82 Å². The van der Waals surface area contributed by atoms with Crippen molar-refractivity contribution in [2.24, 2.45) is 0 Å². The van der Waals surface area contributed by atoms with E-state index in [0.717, 1.165) is 12.1 Å². The summed E-state index contributed by atoms with van der Waals surface area (Å²) in [6, 6.07) is 1.89. The van der Waals surface area contributed by atoms with Crippen molar-refractivity contribution in [3.63, 3.8) is 0 Å². The number of hydrogen-bond acceptors (Lipinski definition) is 1. The Morgan fingerprint density at radius 1 is 1.33 bits per heavy atom. The molecule has 0 spiro atoms. The van der Waals surface area contributed by atoms with Crippen LogP contribution in [0.2, 0.25) is 0 Å². The van der Waals surface area contributed by atoms with Gasteiger partial charge in [0, 0.05) is 4.47 Å². The first-order chi connectivity index (χ1) is 5.52. The molecule has 0 heterocycles. The molecule has 66 valence electrons. The third-order valence-electron chi connectivity index (χ3n) is 1.29. The Kier molecular flexibility index (Phi) is 2.62. The number of phenols is 1. The predicted molar refractivity (Wildman–Crippen MR) is 40.7 cm³/mol. The second-order valence-corrected chi connectivity index (χ2v) is 3.04. The smallest absolute Gasteiger partial charge is 0.270 e. The summed E-state index contributed by atoms with van der Waals surface area (Å²) in [5.74, 6) is -1.85. The summed E-state index contributed by atoms with van der Waals surface area (Å²) in [5.41, 5.74) is -0.960. The largest absolute Gasteiger partial charge is 0.507 e. The highest BCUT2D eigenvalue weighted by Crippen LogP contribution is 2.33. The fourth-order valence-electron chi connectivity index (χ4n) is 0.787. The zero-order chi connectivity index (χ0) is 9.30. The third-order valence-corrected chi connectivity index (χ3v) is 1.75. The molecule has 1 aromatic rings. The van der Waals surface area contributed by atoms with Crippen LogP contribution in [0.5, 0.6) is 5.75 Å². The summed E-state index contributed by atoms with van der Waals surface area (Å²) in [7, 11) is 0.